The van der Waals surface area contributed by atoms with Crippen molar-refractivity contribution in [3.8, 4) is 0 Å². The molecule has 0 unspecified atom stereocenters. The SMILES string of the molecule is COCCS(=O)(=O)N(CCC(N)=S)Cc1cccnc1. The number of rotatable bonds is 9. The Balaban J connectivity index is 2.81. The molecule has 8 heteroatoms. The maximum absolute atomic E-state index is 12.2. The average Bonchev–Trinajstić information content (AvgIpc) is 2.42. The van der Waals surface area contributed by atoms with Crippen LogP contribution >= 0.6 is 12.2 Å². The minimum Gasteiger partial charge on any atom is -0.393 e. The van der Waals surface area contributed by atoms with Gasteiger partial charge in [0.1, 0.15) is 0 Å². The van der Waals surface area contributed by atoms with Crippen LogP contribution in [-0.2, 0) is 21.3 Å². The van der Waals surface area contributed by atoms with Gasteiger partial charge in [0.05, 0.1) is 17.3 Å². The van der Waals surface area contributed by atoms with Gasteiger partial charge in [0.2, 0.25) is 10.0 Å². The zero-order chi connectivity index (χ0) is 15.0. The summed E-state index contributed by atoms with van der Waals surface area (Å²) in [5, 5.41) is 0. The lowest BCUT2D eigenvalue weighted by Gasteiger charge is -2.21. The van der Waals surface area contributed by atoms with E-state index >= 15 is 0 Å². The van der Waals surface area contributed by atoms with Gasteiger partial charge in [0.15, 0.2) is 0 Å². The zero-order valence-corrected chi connectivity index (χ0v) is 13.0. The Morgan fingerprint density at radius 2 is 2.30 bits per heavy atom. The second-order valence-corrected chi connectivity index (χ2v) is 6.83. The van der Waals surface area contributed by atoms with Crippen LogP contribution in [0.5, 0.6) is 0 Å². The Morgan fingerprint density at radius 3 is 2.85 bits per heavy atom. The number of nitrogens with two attached hydrogens (primary N) is 1. The van der Waals surface area contributed by atoms with E-state index in [0.29, 0.717) is 11.4 Å². The fourth-order valence-corrected chi connectivity index (χ4v) is 3.01. The van der Waals surface area contributed by atoms with E-state index in [-0.39, 0.29) is 25.4 Å². The zero-order valence-electron chi connectivity index (χ0n) is 11.4. The lowest BCUT2D eigenvalue weighted by atomic mass is 10.3. The van der Waals surface area contributed by atoms with Gasteiger partial charge in [0.25, 0.3) is 0 Å². The van der Waals surface area contributed by atoms with E-state index in [1.807, 2.05) is 6.07 Å². The van der Waals surface area contributed by atoms with Crippen molar-refractivity contribution >= 4 is 27.2 Å². The van der Waals surface area contributed by atoms with Gasteiger partial charge in [-0.05, 0) is 11.6 Å². The van der Waals surface area contributed by atoms with Gasteiger partial charge in [-0.15, -0.1) is 0 Å². The summed E-state index contributed by atoms with van der Waals surface area (Å²) in [6.07, 6.45) is 3.63. The molecule has 0 saturated carbocycles. The maximum Gasteiger partial charge on any atom is 0.216 e. The number of sulfonamides is 1. The highest BCUT2D eigenvalue weighted by Gasteiger charge is 2.22. The van der Waals surface area contributed by atoms with Crippen molar-refractivity contribution in [2.75, 3.05) is 26.0 Å². The summed E-state index contributed by atoms with van der Waals surface area (Å²) in [6.45, 7) is 0.664. The van der Waals surface area contributed by atoms with E-state index in [9.17, 15) is 8.42 Å². The van der Waals surface area contributed by atoms with Crippen LogP contribution in [0.3, 0.4) is 0 Å². The van der Waals surface area contributed by atoms with Crippen LogP contribution in [0.25, 0.3) is 0 Å². The summed E-state index contributed by atoms with van der Waals surface area (Å²) in [4.78, 5) is 4.28. The Labute approximate surface area is 125 Å². The molecule has 1 aromatic heterocycles. The first-order valence-corrected chi connectivity index (χ1v) is 8.11. The molecule has 1 rings (SSSR count). The first-order chi connectivity index (χ1) is 9.45. The van der Waals surface area contributed by atoms with Crippen LogP contribution in [-0.4, -0.2) is 48.7 Å². The molecule has 0 aliphatic heterocycles. The van der Waals surface area contributed by atoms with E-state index in [2.05, 4.69) is 4.98 Å². The van der Waals surface area contributed by atoms with Crippen LogP contribution in [0.15, 0.2) is 24.5 Å². The predicted molar refractivity (Wildman–Crippen MR) is 81.7 cm³/mol. The van der Waals surface area contributed by atoms with Gasteiger partial charge in [0, 0.05) is 39.0 Å². The van der Waals surface area contributed by atoms with Gasteiger partial charge < -0.3 is 10.5 Å². The predicted octanol–water partition coefficient (Wildman–Crippen LogP) is 0.536. The molecule has 0 amide bonds. The minimum atomic E-state index is -3.41. The van der Waals surface area contributed by atoms with Crippen molar-refractivity contribution in [1.82, 2.24) is 9.29 Å². The topological polar surface area (TPSA) is 85.5 Å². The highest BCUT2D eigenvalue weighted by molar-refractivity contribution is 7.89. The lowest BCUT2D eigenvalue weighted by Crippen LogP contribution is -2.36. The summed E-state index contributed by atoms with van der Waals surface area (Å²) in [6, 6.07) is 3.59. The van der Waals surface area contributed by atoms with Crippen molar-refractivity contribution in [2.45, 2.75) is 13.0 Å². The quantitative estimate of drug-likeness (QED) is 0.669. The smallest absolute Gasteiger partial charge is 0.216 e. The number of thiocarbonyl (C=S) groups is 1. The van der Waals surface area contributed by atoms with E-state index in [1.54, 1.807) is 18.5 Å². The molecular weight excluding hydrogens is 298 g/mol. The van der Waals surface area contributed by atoms with Crippen molar-refractivity contribution in [3.05, 3.63) is 30.1 Å². The van der Waals surface area contributed by atoms with Crippen LogP contribution < -0.4 is 5.73 Å². The molecular formula is C12H19N3O3S2. The van der Waals surface area contributed by atoms with Crippen molar-refractivity contribution in [2.24, 2.45) is 5.73 Å². The molecule has 0 spiro atoms. The summed E-state index contributed by atoms with van der Waals surface area (Å²) >= 11 is 4.81. The second kappa shape index (κ2) is 8.25. The normalized spacial score (nSPS) is 11.7. The monoisotopic (exact) mass is 317 g/mol. The van der Waals surface area contributed by atoms with Crippen molar-refractivity contribution in [3.63, 3.8) is 0 Å². The van der Waals surface area contributed by atoms with Crippen molar-refractivity contribution in [1.29, 1.82) is 0 Å². The molecule has 0 radical (unpaired) electrons. The molecule has 0 saturated heterocycles. The molecule has 0 aliphatic carbocycles. The fraction of sp³-hybridized carbons (Fsp3) is 0.500. The highest BCUT2D eigenvalue weighted by atomic mass is 32.2. The van der Waals surface area contributed by atoms with Crippen LogP contribution in [0.4, 0.5) is 0 Å². The van der Waals surface area contributed by atoms with E-state index in [0.717, 1.165) is 5.56 Å². The molecule has 0 bridgehead atoms. The molecule has 6 nitrogen and oxygen atoms in total. The molecule has 1 aromatic rings. The van der Waals surface area contributed by atoms with Gasteiger partial charge in [-0.25, -0.2) is 8.42 Å². The number of methoxy groups -OCH3 is 1. The van der Waals surface area contributed by atoms with Gasteiger partial charge in [-0.3, -0.25) is 4.98 Å². The van der Waals surface area contributed by atoms with E-state index in [1.165, 1.54) is 11.4 Å². The average molecular weight is 317 g/mol. The molecule has 2 N–H and O–H groups in total. The minimum absolute atomic E-state index is 0.0684. The third-order valence-electron chi connectivity index (χ3n) is 2.63. The largest absolute Gasteiger partial charge is 0.393 e. The van der Waals surface area contributed by atoms with Gasteiger partial charge in [-0.1, -0.05) is 18.3 Å². The van der Waals surface area contributed by atoms with Crippen LogP contribution in [0.2, 0.25) is 0 Å². The molecule has 0 aromatic carbocycles. The van der Waals surface area contributed by atoms with Gasteiger partial charge in [-0.2, -0.15) is 4.31 Å². The van der Waals surface area contributed by atoms with E-state index in [4.69, 9.17) is 22.7 Å². The fourth-order valence-electron chi connectivity index (χ4n) is 1.56. The number of hydrogen-bond donors (Lipinski definition) is 1. The Hall–Kier alpha value is -1.09. The van der Waals surface area contributed by atoms with Crippen molar-refractivity contribution < 1.29 is 13.2 Å². The Kier molecular flexibility index (Phi) is 7.00. The van der Waals surface area contributed by atoms with Crippen LogP contribution in [0.1, 0.15) is 12.0 Å². The number of pyridine rings is 1. The molecule has 0 fully saturated rings. The molecule has 20 heavy (non-hydrogen) atoms. The summed E-state index contributed by atoms with van der Waals surface area (Å²) in [7, 11) is -1.94. The first kappa shape index (κ1) is 17.0. The number of nitrogens with zero attached hydrogens (tertiary/aromatic N) is 2. The first-order valence-electron chi connectivity index (χ1n) is 6.09. The molecule has 1 heterocycles. The highest BCUT2D eigenvalue weighted by Crippen LogP contribution is 2.10. The van der Waals surface area contributed by atoms with Crippen LogP contribution in [0, 0.1) is 0 Å². The third-order valence-corrected chi connectivity index (χ3v) is 4.61. The van der Waals surface area contributed by atoms with E-state index < -0.39 is 10.0 Å². The lowest BCUT2D eigenvalue weighted by molar-refractivity contribution is 0.215. The third kappa shape index (κ3) is 5.91. The summed E-state index contributed by atoms with van der Waals surface area (Å²) < 4.78 is 30.7. The maximum atomic E-state index is 12.2. The standard InChI is InChI=1S/C12H19N3O3S2/c1-18-7-8-20(16,17)15(6-4-12(13)19)10-11-3-2-5-14-9-11/h2-3,5,9H,4,6-8,10H2,1H3,(H2,13,19). The number of hydrogen-bond acceptors (Lipinski definition) is 5. The Morgan fingerprint density at radius 1 is 1.55 bits per heavy atom. The molecule has 0 aliphatic rings. The molecule has 112 valence electrons. The summed E-state index contributed by atoms with van der Waals surface area (Å²) in [5.74, 6) is -0.0684. The van der Waals surface area contributed by atoms with Gasteiger partial charge >= 0.3 is 0 Å². The second-order valence-electron chi connectivity index (χ2n) is 4.22. The number of ether oxygens (including phenoxy) is 1. The number of aromatic nitrogens is 1. The summed E-state index contributed by atoms with van der Waals surface area (Å²) in [5.41, 5.74) is 6.27. The molecule has 0 atom stereocenters. The Bertz CT molecular complexity index is 520.